The summed E-state index contributed by atoms with van der Waals surface area (Å²) < 4.78 is 5.53. The van der Waals surface area contributed by atoms with Crippen LogP contribution in [0.25, 0.3) is 10.9 Å². The number of carbonyl (C=O) groups excluding carboxylic acids is 2. The van der Waals surface area contributed by atoms with Crippen molar-refractivity contribution >= 4 is 28.5 Å². The third-order valence-electron chi connectivity index (χ3n) is 6.62. The zero-order chi connectivity index (χ0) is 22.9. The Morgan fingerprint density at radius 3 is 2.94 bits per heavy atom. The van der Waals surface area contributed by atoms with Gasteiger partial charge in [-0.25, -0.2) is 9.97 Å². The SMILES string of the molecule is Cc1nc(CN(C)C(=O)[C@@H]2CCCO2)nc2c1CCC(=O)N2CCc1c[nH]c2ccccc12. The topological polar surface area (TPSA) is 91.4 Å². The lowest BCUT2D eigenvalue weighted by Crippen LogP contribution is -2.39. The number of hydrogen-bond acceptors (Lipinski definition) is 5. The normalized spacial score (nSPS) is 18.1. The number of benzene rings is 1. The van der Waals surface area contributed by atoms with E-state index in [0.29, 0.717) is 37.6 Å². The zero-order valence-corrected chi connectivity index (χ0v) is 19.1. The fraction of sp³-hybridized carbons (Fsp3) is 0.440. The van der Waals surface area contributed by atoms with Crippen LogP contribution in [0.1, 0.15) is 41.9 Å². The van der Waals surface area contributed by atoms with Crippen LogP contribution < -0.4 is 4.90 Å². The lowest BCUT2D eigenvalue weighted by Gasteiger charge is -2.30. The van der Waals surface area contributed by atoms with Gasteiger partial charge in [0.25, 0.3) is 5.91 Å². The van der Waals surface area contributed by atoms with Gasteiger partial charge in [-0.3, -0.25) is 14.5 Å². The van der Waals surface area contributed by atoms with Crippen molar-refractivity contribution in [1.82, 2.24) is 19.9 Å². The maximum absolute atomic E-state index is 12.9. The minimum absolute atomic E-state index is 0.0428. The second-order valence-electron chi connectivity index (χ2n) is 8.88. The Morgan fingerprint density at radius 1 is 1.27 bits per heavy atom. The van der Waals surface area contributed by atoms with Gasteiger partial charge in [0.2, 0.25) is 5.91 Å². The van der Waals surface area contributed by atoms with Gasteiger partial charge in [0, 0.05) is 55.0 Å². The molecule has 2 aromatic heterocycles. The summed E-state index contributed by atoms with van der Waals surface area (Å²) >= 11 is 0. The highest BCUT2D eigenvalue weighted by molar-refractivity contribution is 5.95. The molecule has 8 heteroatoms. The van der Waals surface area contributed by atoms with E-state index in [1.54, 1.807) is 16.8 Å². The molecule has 4 heterocycles. The van der Waals surface area contributed by atoms with Gasteiger partial charge in [-0.15, -0.1) is 0 Å². The van der Waals surface area contributed by atoms with Crippen LogP contribution in [-0.2, 0) is 33.7 Å². The molecule has 0 unspecified atom stereocenters. The summed E-state index contributed by atoms with van der Waals surface area (Å²) in [6.45, 7) is 3.43. The van der Waals surface area contributed by atoms with Crippen molar-refractivity contribution in [3.05, 3.63) is 53.1 Å². The second-order valence-corrected chi connectivity index (χ2v) is 8.88. The van der Waals surface area contributed by atoms with Crippen molar-refractivity contribution in [2.45, 2.75) is 51.7 Å². The summed E-state index contributed by atoms with van der Waals surface area (Å²) in [6, 6.07) is 8.18. The van der Waals surface area contributed by atoms with Crippen molar-refractivity contribution in [1.29, 1.82) is 0 Å². The molecule has 0 radical (unpaired) electrons. The van der Waals surface area contributed by atoms with Crippen molar-refractivity contribution in [3.8, 4) is 0 Å². The lowest BCUT2D eigenvalue weighted by molar-refractivity contribution is -0.140. The van der Waals surface area contributed by atoms with Gasteiger partial charge in [-0.1, -0.05) is 18.2 Å². The summed E-state index contributed by atoms with van der Waals surface area (Å²) in [7, 11) is 1.75. The zero-order valence-electron chi connectivity index (χ0n) is 19.1. The van der Waals surface area contributed by atoms with Crippen LogP contribution in [0.4, 0.5) is 5.82 Å². The molecular formula is C25H29N5O3. The van der Waals surface area contributed by atoms with Crippen molar-refractivity contribution in [2.75, 3.05) is 25.1 Å². The van der Waals surface area contributed by atoms with E-state index in [-0.39, 0.29) is 24.5 Å². The molecule has 1 saturated heterocycles. The van der Waals surface area contributed by atoms with E-state index < -0.39 is 0 Å². The predicted molar refractivity (Wildman–Crippen MR) is 125 cm³/mol. The Hall–Kier alpha value is -3.26. The predicted octanol–water partition coefficient (Wildman–Crippen LogP) is 2.93. The molecule has 1 fully saturated rings. The van der Waals surface area contributed by atoms with Crippen LogP contribution in [-0.4, -0.2) is 58.0 Å². The van der Waals surface area contributed by atoms with Crippen LogP contribution in [0.15, 0.2) is 30.5 Å². The molecule has 172 valence electrons. The minimum Gasteiger partial charge on any atom is -0.368 e. The van der Waals surface area contributed by atoms with Gasteiger partial charge >= 0.3 is 0 Å². The highest BCUT2D eigenvalue weighted by Crippen LogP contribution is 2.29. The van der Waals surface area contributed by atoms with Crippen molar-refractivity contribution in [2.24, 2.45) is 0 Å². The van der Waals surface area contributed by atoms with Gasteiger partial charge in [0.1, 0.15) is 17.7 Å². The summed E-state index contributed by atoms with van der Waals surface area (Å²) in [5.74, 6) is 1.27. The fourth-order valence-corrected chi connectivity index (χ4v) is 4.82. The number of aryl methyl sites for hydroxylation is 1. The molecule has 8 nitrogen and oxygen atoms in total. The second kappa shape index (κ2) is 8.94. The van der Waals surface area contributed by atoms with Gasteiger partial charge in [-0.2, -0.15) is 0 Å². The Kier molecular flexibility index (Phi) is 5.85. The Morgan fingerprint density at radius 2 is 2.12 bits per heavy atom. The van der Waals surface area contributed by atoms with Crippen LogP contribution in [0.3, 0.4) is 0 Å². The smallest absolute Gasteiger partial charge is 0.251 e. The number of rotatable bonds is 6. The van der Waals surface area contributed by atoms with E-state index >= 15 is 0 Å². The molecule has 0 saturated carbocycles. The lowest BCUT2D eigenvalue weighted by atomic mass is 10.0. The van der Waals surface area contributed by atoms with E-state index in [1.807, 2.05) is 25.3 Å². The monoisotopic (exact) mass is 447 g/mol. The molecule has 1 aromatic carbocycles. The average Bonchev–Trinajstić information content (AvgIpc) is 3.48. The number of amides is 2. The first kappa shape index (κ1) is 21.6. The van der Waals surface area contributed by atoms with E-state index in [1.165, 1.54) is 10.9 Å². The molecule has 3 aromatic rings. The average molecular weight is 448 g/mol. The molecule has 2 amide bonds. The number of para-hydroxylation sites is 1. The fourth-order valence-electron chi connectivity index (χ4n) is 4.82. The maximum Gasteiger partial charge on any atom is 0.251 e. The number of hydrogen-bond donors (Lipinski definition) is 1. The van der Waals surface area contributed by atoms with Crippen molar-refractivity contribution in [3.63, 3.8) is 0 Å². The number of likely N-dealkylation sites (N-methyl/N-ethyl adjacent to an activating group) is 1. The molecule has 5 rings (SSSR count). The number of aromatic amines is 1. The van der Waals surface area contributed by atoms with Gasteiger partial charge in [0.05, 0.1) is 6.54 Å². The summed E-state index contributed by atoms with van der Waals surface area (Å²) in [6.07, 6.45) is 5.14. The quantitative estimate of drug-likeness (QED) is 0.627. The van der Waals surface area contributed by atoms with E-state index in [2.05, 4.69) is 22.1 Å². The Balaban J connectivity index is 1.37. The van der Waals surface area contributed by atoms with Crippen molar-refractivity contribution < 1.29 is 14.3 Å². The minimum atomic E-state index is -0.372. The van der Waals surface area contributed by atoms with E-state index in [4.69, 9.17) is 9.72 Å². The molecule has 2 aliphatic rings. The van der Waals surface area contributed by atoms with Crippen LogP contribution >= 0.6 is 0 Å². The first-order chi connectivity index (χ1) is 16.0. The summed E-state index contributed by atoms with van der Waals surface area (Å²) in [5.41, 5.74) is 4.17. The molecule has 2 aliphatic heterocycles. The standard InChI is InChI=1S/C25H29N5O3/c1-16-18-9-10-23(31)30(12-11-17-14-26-20-7-4-3-6-19(17)20)24(18)28-22(27-16)15-29(2)25(32)21-8-5-13-33-21/h3-4,6-7,14,21,26H,5,8-13,15H2,1-2H3/t21-/m0/s1. The third-order valence-corrected chi connectivity index (χ3v) is 6.62. The molecular weight excluding hydrogens is 418 g/mol. The number of fused-ring (bicyclic) bond motifs is 2. The molecule has 0 aliphatic carbocycles. The summed E-state index contributed by atoms with van der Waals surface area (Å²) in [5, 5.41) is 1.18. The number of ether oxygens (including phenoxy) is 1. The number of nitrogens with zero attached hydrogens (tertiary/aromatic N) is 4. The molecule has 0 spiro atoms. The largest absolute Gasteiger partial charge is 0.368 e. The van der Waals surface area contributed by atoms with Crippen LogP contribution in [0, 0.1) is 6.92 Å². The highest BCUT2D eigenvalue weighted by Gasteiger charge is 2.30. The first-order valence-corrected chi connectivity index (χ1v) is 11.6. The first-order valence-electron chi connectivity index (χ1n) is 11.6. The Bertz CT molecular complexity index is 1200. The number of nitrogens with one attached hydrogen (secondary N) is 1. The molecule has 33 heavy (non-hydrogen) atoms. The van der Waals surface area contributed by atoms with Crippen LogP contribution in [0.5, 0.6) is 0 Å². The van der Waals surface area contributed by atoms with E-state index in [0.717, 1.165) is 36.0 Å². The number of anilines is 1. The number of carbonyl (C=O) groups is 2. The number of aromatic nitrogens is 3. The molecule has 1 atom stereocenters. The maximum atomic E-state index is 12.9. The van der Waals surface area contributed by atoms with Gasteiger partial charge in [-0.05, 0) is 44.2 Å². The summed E-state index contributed by atoms with van der Waals surface area (Å²) in [4.78, 5) is 41.7. The van der Waals surface area contributed by atoms with E-state index in [9.17, 15) is 9.59 Å². The molecule has 0 bridgehead atoms. The van der Waals surface area contributed by atoms with Crippen LogP contribution in [0.2, 0.25) is 0 Å². The van der Waals surface area contributed by atoms with Gasteiger partial charge < -0.3 is 14.6 Å². The van der Waals surface area contributed by atoms with Gasteiger partial charge in [0.15, 0.2) is 0 Å². The molecule has 1 N–H and O–H groups in total. The number of H-pyrrole nitrogens is 1. The third kappa shape index (κ3) is 4.23. The highest BCUT2D eigenvalue weighted by atomic mass is 16.5. The Labute approximate surface area is 193 Å².